The van der Waals surface area contributed by atoms with Crippen molar-refractivity contribution in [2.75, 3.05) is 40.1 Å². The zero-order valence-corrected chi connectivity index (χ0v) is 41.5. The maximum Gasteiger partial charge on any atom is 0.325 e. The molecule has 8 heterocycles. The van der Waals surface area contributed by atoms with Gasteiger partial charge in [0.2, 0.25) is 5.91 Å². The topological polar surface area (TPSA) is 181 Å². The average Bonchev–Trinajstić information content (AvgIpc) is 3.63. The number of aromatic nitrogens is 5. The highest BCUT2D eigenvalue weighted by atomic mass is 32.1. The summed E-state index contributed by atoms with van der Waals surface area (Å²) >= 11 is 1.28. The molecular formula is C52H63FN8O8S. The second-order valence-electron chi connectivity index (χ2n) is 20.5. The summed E-state index contributed by atoms with van der Waals surface area (Å²) < 4.78 is 47.9. The third-order valence-corrected chi connectivity index (χ3v) is 15.8. The lowest BCUT2D eigenvalue weighted by Crippen LogP contribution is -2.72. The number of hydrogen-bond donors (Lipinski definition) is 2. The largest absolute Gasteiger partial charge is 0.464 e. The molecule has 3 saturated heterocycles. The van der Waals surface area contributed by atoms with Crippen molar-refractivity contribution in [1.29, 1.82) is 0 Å². The molecule has 1 aromatic carbocycles. The van der Waals surface area contributed by atoms with E-state index in [1.165, 1.54) is 29.6 Å². The Morgan fingerprint density at radius 1 is 1.09 bits per heavy atom. The SMILES string of the molecule is CO[C@@H](C)c1ncccc1-c1c2c3cc(ccc3n1CCOC1CCOCC1)-c1csc(n1)[C@@H](OC[C@@H](C)F)[C@H](NC(=O)[C@@H]1[C@@H](C)[C@H]1c1ccncn1)C(=O)N1N[C@H](C(=O)OCC(C)(C)C2)C2CC1C2. The van der Waals surface area contributed by atoms with E-state index in [1.807, 2.05) is 31.4 Å². The van der Waals surface area contributed by atoms with Crippen LogP contribution in [0.15, 0.2) is 60.5 Å². The molecule has 5 fully saturated rings. The number of amides is 2. The summed E-state index contributed by atoms with van der Waals surface area (Å²) in [7, 11) is 1.68. The van der Waals surface area contributed by atoms with Gasteiger partial charge in [0.15, 0.2) is 0 Å². The molecule has 18 heteroatoms. The fraction of sp³-hybridized carbons (Fsp3) is 0.558. The number of cyclic esters (lactones) is 1. The highest BCUT2D eigenvalue weighted by Gasteiger charge is 2.56. The second-order valence-corrected chi connectivity index (χ2v) is 21.4. The van der Waals surface area contributed by atoms with Gasteiger partial charge in [-0.25, -0.2) is 24.8 Å². The minimum Gasteiger partial charge on any atom is -0.464 e. The van der Waals surface area contributed by atoms with Crippen molar-refractivity contribution in [2.24, 2.45) is 23.2 Å². The molecule has 2 amide bonds. The fourth-order valence-electron chi connectivity index (χ4n) is 10.9. The number of halogens is 1. The van der Waals surface area contributed by atoms with Gasteiger partial charge < -0.3 is 33.6 Å². The Hall–Kier alpha value is -5.24. The van der Waals surface area contributed by atoms with Gasteiger partial charge in [-0.15, -0.1) is 11.3 Å². The molecule has 4 aliphatic heterocycles. The van der Waals surface area contributed by atoms with Crippen LogP contribution in [0.4, 0.5) is 4.39 Å². The molecule has 2 aliphatic carbocycles. The number of thiazole rings is 1. The molecule has 16 nitrogen and oxygen atoms in total. The number of methoxy groups -OCH3 is 1. The van der Waals surface area contributed by atoms with Gasteiger partial charge in [-0.2, -0.15) is 0 Å². The zero-order chi connectivity index (χ0) is 48.8. The molecule has 8 bridgehead atoms. The quantitative estimate of drug-likeness (QED) is 0.114. The number of ether oxygens (including phenoxy) is 5. The Kier molecular flexibility index (Phi) is 13.9. The van der Waals surface area contributed by atoms with Gasteiger partial charge in [-0.05, 0) is 93.7 Å². The molecule has 70 heavy (non-hydrogen) atoms. The van der Waals surface area contributed by atoms with E-state index in [0.717, 1.165) is 57.5 Å². The number of hydrazine groups is 1. The number of nitrogens with zero attached hydrogens (tertiary/aromatic N) is 6. The van der Waals surface area contributed by atoms with Crippen LogP contribution in [0.1, 0.15) is 100 Å². The summed E-state index contributed by atoms with van der Waals surface area (Å²) in [6, 6.07) is 9.73. The van der Waals surface area contributed by atoms with Crippen LogP contribution in [0.2, 0.25) is 0 Å². The molecule has 5 aromatic rings. The average molecular weight is 979 g/mol. The number of alkyl halides is 1. The molecule has 2 saturated carbocycles. The number of esters is 1. The smallest absolute Gasteiger partial charge is 0.325 e. The van der Waals surface area contributed by atoms with Crippen LogP contribution < -0.4 is 10.7 Å². The van der Waals surface area contributed by atoms with Crippen LogP contribution in [0.5, 0.6) is 0 Å². The van der Waals surface area contributed by atoms with E-state index in [4.69, 9.17) is 33.7 Å². The number of hydrogen-bond acceptors (Lipinski definition) is 14. The van der Waals surface area contributed by atoms with Crippen LogP contribution in [-0.4, -0.2) is 118 Å². The summed E-state index contributed by atoms with van der Waals surface area (Å²) in [5, 5.41) is 7.83. The van der Waals surface area contributed by atoms with Crippen molar-refractivity contribution in [3.05, 3.63) is 82.5 Å². The summed E-state index contributed by atoms with van der Waals surface area (Å²) in [5.74, 6) is -2.10. The molecule has 0 spiro atoms. The van der Waals surface area contributed by atoms with Crippen LogP contribution in [0, 0.1) is 23.2 Å². The first-order chi connectivity index (χ1) is 33.8. The van der Waals surface area contributed by atoms with Gasteiger partial charge in [-0.1, -0.05) is 26.8 Å². The number of fused-ring (bicyclic) bond motifs is 4. The lowest BCUT2D eigenvalue weighted by atomic mass is 9.73. The first-order valence-corrected chi connectivity index (χ1v) is 25.5. The summed E-state index contributed by atoms with van der Waals surface area (Å²) in [6.07, 6.45) is 5.46. The van der Waals surface area contributed by atoms with Crippen molar-refractivity contribution in [2.45, 2.75) is 122 Å². The normalized spacial score (nSPS) is 27.6. The maximum absolute atomic E-state index is 15.2. The van der Waals surface area contributed by atoms with Crippen LogP contribution in [0.25, 0.3) is 33.4 Å². The Balaban J connectivity index is 1.10. The summed E-state index contributed by atoms with van der Waals surface area (Å²) in [5.41, 5.74) is 9.56. The lowest BCUT2D eigenvalue weighted by Gasteiger charge is -2.53. The molecule has 8 atom stereocenters. The molecule has 0 unspecified atom stereocenters. The number of pyridine rings is 1. The standard InChI is InChI=1S/C52H63FN8O8S/c1-28(53)24-68-47-45(58-48(62)42-29(2)41(42)38-11-15-54-27-56-38)50(63)61-33-20-32(21-33)44(59-61)51(64)69-26-52(4,5)23-37-36-22-31(39-25-70-49(47)57-39)9-10-40(36)60(16-19-67-34-12-17-66-18-13-34)46(37)35-8-7-14-55-43(35)30(3)65-6/h7-11,14-15,22,25,27-30,32-34,41-42,44-45,47,59H,12-13,16-21,23-24,26H2,1-6H3,(H,58,62)/t28-,29+,30+,32?,33?,41+,42-,44+,45+,47+/m1/s1. The summed E-state index contributed by atoms with van der Waals surface area (Å²) in [4.78, 5) is 62.4. The van der Waals surface area contributed by atoms with E-state index in [1.54, 1.807) is 25.6 Å². The number of nitrogens with one attached hydrogen (secondary N) is 2. The van der Waals surface area contributed by atoms with Crippen LogP contribution >= 0.6 is 11.3 Å². The van der Waals surface area contributed by atoms with Gasteiger partial charge >= 0.3 is 5.97 Å². The zero-order valence-electron chi connectivity index (χ0n) is 40.6. The van der Waals surface area contributed by atoms with E-state index in [9.17, 15) is 14.0 Å². The lowest BCUT2D eigenvalue weighted by molar-refractivity contribution is -0.173. The minimum atomic E-state index is -1.39. The third-order valence-electron chi connectivity index (χ3n) is 14.9. The van der Waals surface area contributed by atoms with Crippen molar-refractivity contribution < 1.29 is 42.5 Å². The molecule has 372 valence electrons. The van der Waals surface area contributed by atoms with Gasteiger partial charge in [-0.3, -0.25) is 24.4 Å². The first kappa shape index (κ1) is 48.4. The highest BCUT2D eigenvalue weighted by molar-refractivity contribution is 7.10. The van der Waals surface area contributed by atoms with Crippen molar-refractivity contribution in [1.82, 2.24) is 40.3 Å². The number of carbonyl (C=O) groups is 3. The van der Waals surface area contributed by atoms with E-state index in [0.29, 0.717) is 56.3 Å². The van der Waals surface area contributed by atoms with Gasteiger partial charge in [0.1, 0.15) is 35.7 Å². The monoisotopic (exact) mass is 978 g/mol. The van der Waals surface area contributed by atoms with E-state index < -0.39 is 47.6 Å². The molecular weight excluding hydrogens is 916 g/mol. The number of benzene rings is 1. The van der Waals surface area contributed by atoms with Crippen molar-refractivity contribution in [3.63, 3.8) is 0 Å². The number of rotatable bonds is 13. The Labute approximate surface area is 411 Å². The predicted octanol–water partition coefficient (Wildman–Crippen LogP) is 7.09. The predicted molar refractivity (Wildman–Crippen MR) is 259 cm³/mol. The minimum absolute atomic E-state index is 0.0525. The summed E-state index contributed by atoms with van der Waals surface area (Å²) in [6.45, 7) is 11.7. The molecule has 0 radical (unpaired) electrons. The van der Waals surface area contributed by atoms with E-state index >= 15 is 4.79 Å². The van der Waals surface area contributed by atoms with Crippen molar-refractivity contribution in [3.8, 4) is 22.5 Å². The molecule has 11 rings (SSSR count). The Morgan fingerprint density at radius 2 is 1.90 bits per heavy atom. The van der Waals surface area contributed by atoms with Gasteiger partial charge in [0.05, 0.1) is 49.1 Å². The highest BCUT2D eigenvalue weighted by Crippen LogP contribution is 2.53. The van der Waals surface area contributed by atoms with E-state index in [-0.39, 0.29) is 55.1 Å². The van der Waals surface area contributed by atoms with Crippen LogP contribution in [0.3, 0.4) is 0 Å². The Morgan fingerprint density at radius 3 is 2.66 bits per heavy atom. The fourth-order valence-corrected chi connectivity index (χ4v) is 11.8. The maximum atomic E-state index is 15.2. The Bertz CT molecular complexity index is 2700. The van der Waals surface area contributed by atoms with Crippen LogP contribution in [-0.2, 0) is 51.0 Å². The van der Waals surface area contributed by atoms with E-state index in [2.05, 4.69) is 57.3 Å². The molecule has 6 aliphatic rings. The van der Waals surface area contributed by atoms with Gasteiger partial charge in [0.25, 0.3) is 5.91 Å². The number of carbonyl (C=O) groups excluding carboxylic acids is 3. The third kappa shape index (κ3) is 9.62. The molecule has 4 aromatic heterocycles. The van der Waals surface area contributed by atoms with Crippen molar-refractivity contribution >= 4 is 40.0 Å². The first-order valence-electron chi connectivity index (χ1n) is 24.7. The van der Waals surface area contributed by atoms with Gasteiger partial charge in [0, 0.05) is 95.7 Å². The second kappa shape index (κ2) is 20.1. The molecule has 2 N–H and O–H groups in total.